The van der Waals surface area contributed by atoms with Crippen LogP contribution in [-0.2, 0) is 6.54 Å². The predicted molar refractivity (Wildman–Crippen MR) is 76.3 cm³/mol. The molecule has 6 nitrogen and oxygen atoms in total. The summed E-state index contributed by atoms with van der Waals surface area (Å²) in [7, 11) is 0. The minimum absolute atomic E-state index is 0.0543. The van der Waals surface area contributed by atoms with Gasteiger partial charge in [0.05, 0.1) is 23.8 Å². The quantitative estimate of drug-likeness (QED) is 0.787. The van der Waals surface area contributed by atoms with Crippen LogP contribution in [0, 0.1) is 0 Å². The Balaban J connectivity index is 2.02. The summed E-state index contributed by atoms with van der Waals surface area (Å²) in [6.07, 6.45) is 1.61. The molecule has 1 aromatic carbocycles. The minimum atomic E-state index is -1.10. The molecule has 0 atom stereocenters. The van der Waals surface area contributed by atoms with Crippen molar-refractivity contribution < 1.29 is 9.90 Å². The molecule has 0 saturated heterocycles. The Labute approximate surface area is 119 Å². The SMILES string of the molecule is O=C(O)c1cccc(Cn2ncc3ccccc3c2=O)n1. The molecular weight excluding hydrogens is 270 g/mol. The lowest BCUT2D eigenvalue weighted by atomic mass is 10.2. The lowest BCUT2D eigenvalue weighted by molar-refractivity contribution is 0.0690. The van der Waals surface area contributed by atoms with Gasteiger partial charge in [-0.25, -0.2) is 14.5 Å². The molecule has 0 bridgehead atoms. The number of fused-ring (bicyclic) bond motifs is 1. The van der Waals surface area contributed by atoms with E-state index in [1.165, 1.54) is 10.7 Å². The fourth-order valence-corrected chi connectivity index (χ4v) is 2.08. The van der Waals surface area contributed by atoms with Gasteiger partial charge < -0.3 is 5.11 Å². The molecule has 3 aromatic rings. The zero-order valence-electron chi connectivity index (χ0n) is 10.9. The number of nitrogens with zero attached hydrogens (tertiary/aromatic N) is 3. The predicted octanol–water partition coefficient (Wildman–Crippen LogP) is 1.54. The number of aromatic nitrogens is 3. The molecule has 0 aliphatic rings. The zero-order valence-corrected chi connectivity index (χ0v) is 10.9. The molecule has 0 fully saturated rings. The molecule has 0 saturated carbocycles. The maximum absolute atomic E-state index is 12.3. The third kappa shape index (κ3) is 2.51. The van der Waals surface area contributed by atoms with E-state index in [-0.39, 0.29) is 17.8 Å². The first-order valence-corrected chi connectivity index (χ1v) is 6.29. The number of hydrogen-bond donors (Lipinski definition) is 1. The summed E-state index contributed by atoms with van der Waals surface area (Å²) < 4.78 is 1.27. The van der Waals surface area contributed by atoms with E-state index >= 15 is 0 Å². The Morgan fingerprint density at radius 2 is 1.95 bits per heavy atom. The Hall–Kier alpha value is -3.02. The van der Waals surface area contributed by atoms with Gasteiger partial charge in [0, 0.05) is 5.39 Å². The Morgan fingerprint density at radius 3 is 2.76 bits per heavy atom. The average Bonchev–Trinajstić information content (AvgIpc) is 2.51. The van der Waals surface area contributed by atoms with Crippen LogP contribution in [0.25, 0.3) is 10.8 Å². The molecule has 6 heteroatoms. The fourth-order valence-electron chi connectivity index (χ4n) is 2.08. The highest BCUT2D eigenvalue weighted by Gasteiger charge is 2.08. The summed E-state index contributed by atoms with van der Waals surface area (Å²) >= 11 is 0. The number of carboxylic acid groups (broad SMARTS) is 1. The molecule has 0 amide bonds. The van der Waals surface area contributed by atoms with Gasteiger partial charge in [-0.05, 0) is 18.2 Å². The van der Waals surface area contributed by atoms with Crippen molar-refractivity contribution in [2.24, 2.45) is 0 Å². The summed E-state index contributed by atoms with van der Waals surface area (Å²) in [5.74, 6) is -1.10. The number of aromatic carboxylic acids is 1. The highest BCUT2D eigenvalue weighted by atomic mass is 16.4. The van der Waals surface area contributed by atoms with Gasteiger partial charge in [0.2, 0.25) is 0 Å². The van der Waals surface area contributed by atoms with E-state index in [2.05, 4.69) is 10.1 Å². The summed E-state index contributed by atoms with van der Waals surface area (Å²) in [6, 6.07) is 11.8. The molecule has 104 valence electrons. The van der Waals surface area contributed by atoms with Crippen molar-refractivity contribution in [3.8, 4) is 0 Å². The van der Waals surface area contributed by atoms with E-state index < -0.39 is 5.97 Å². The maximum atomic E-state index is 12.3. The van der Waals surface area contributed by atoms with Crippen LogP contribution in [0.1, 0.15) is 16.2 Å². The second-order valence-corrected chi connectivity index (χ2v) is 4.51. The number of pyridine rings is 1. The van der Waals surface area contributed by atoms with Crippen LogP contribution >= 0.6 is 0 Å². The van der Waals surface area contributed by atoms with E-state index in [1.807, 2.05) is 12.1 Å². The van der Waals surface area contributed by atoms with Gasteiger partial charge in [0.15, 0.2) is 0 Å². The maximum Gasteiger partial charge on any atom is 0.354 e. The highest BCUT2D eigenvalue weighted by molar-refractivity contribution is 5.85. The molecule has 0 spiro atoms. The van der Waals surface area contributed by atoms with Crippen molar-refractivity contribution in [3.63, 3.8) is 0 Å². The van der Waals surface area contributed by atoms with E-state index in [0.29, 0.717) is 11.1 Å². The van der Waals surface area contributed by atoms with Crippen LogP contribution in [0.5, 0.6) is 0 Å². The van der Waals surface area contributed by atoms with Crippen LogP contribution in [0.15, 0.2) is 53.5 Å². The second kappa shape index (κ2) is 5.16. The van der Waals surface area contributed by atoms with Crippen LogP contribution in [0.4, 0.5) is 0 Å². The lowest BCUT2D eigenvalue weighted by Crippen LogP contribution is -2.23. The molecule has 2 aromatic heterocycles. The Kier molecular flexibility index (Phi) is 3.19. The van der Waals surface area contributed by atoms with Gasteiger partial charge in [0.1, 0.15) is 5.69 Å². The van der Waals surface area contributed by atoms with Crippen molar-refractivity contribution in [1.82, 2.24) is 14.8 Å². The van der Waals surface area contributed by atoms with Crippen molar-refractivity contribution in [2.45, 2.75) is 6.54 Å². The van der Waals surface area contributed by atoms with Gasteiger partial charge in [-0.2, -0.15) is 5.10 Å². The average molecular weight is 281 g/mol. The zero-order chi connectivity index (χ0) is 14.8. The molecule has 3 rings (SSSR count). The summed E-state index contributed by atoms with van der Waals surface area (Å²) in [6.45, 7) is 0.130. The number of rotatable bonds is 3. The largest absolute Gasteiger partial charge is 0.477 e. The monoisotopic (exact) mass is 281 g/mol. The summed E-state index contributed by atoms with van der Waals surface area (Å²) in [5, 5.41) is 14.4. The lowest BCUT2D eigenvalue weighted by Gasteiger charge is -2.06. The van der Waals surface area contributed by atoms with E-state index in [0.717, 1.165) is 5.39 Å². The van der Waals surface area contributed by atoms with Gasteiger partial charge in [-0.1, -0.05) is 24.3 Å². The first-order chi connectivity index (χ1) is 10.1. The van der Waals surface area contributed by atoms with Crippen LogP contribution in [0.3, 0.4) is 0 Å². The smallest absolute Gasteiger partial charge is 0.354 e. The number of carbonyl (C=O) groups is 1. The fraction of sp³-hybridized carbons (Fsp3) is 0.0667. The van der Waals surface area contributed by atoms with Crippen LogP contribution in [0.2, 0.25) is 0 Å². The van der Waals surface area contributed by atoms with Gasteiger partial charge in [-0.15, -0.1) is 0 Å². The molecular formula is C15H11N3O3. The Bertz CT molecular complexity index is 886. The first kappa shape index (κ1) is 13.0. The van der Waals surface area contributed by atoms with Crippen LogP contribution < -0.4 is 5.56 Å². The molecule has 0 aliphatic carbocycles. The van der Waals surface area contributed by atoms with Gasteiger partial charge in [-0.3, -0.25) is 4.79 Å². The van der Waals surface area contributed by atoms with Gasteiger partial charge >= 0.3 is 5.97 Å². The first-order valence-electron chi connectivity index (χ1n) is 6.29. The highest BCUT2D eigenvalue weighted by Crippen LogP contribution is 2.07. The number of benzene rings is 1. The topological polar surface area (TPSA) is 85.1 Å². The number of carboxylic acids is 1. The van der Waals surface area contributed by atoms with Crippen molar-refractivity contribution >= 4 is 16.7 Å². The molecule has 0 radical (unpaired) electrons. The molecule has 0 aliphatic heterocycles. The van der Waals surface area contributed by atoms with Crippen molar-refractivity contribution in [1.29, 1.82) is 0 Å². The number of hydrogen-bond acceptors (Lipinski definition) is 4. The van der Waals surface area contributed by atoms with E-state index in [1.54, 1.807) is 30.5 Å². The molecule has 0 unspecified atom stereocenters. The normalized spacial score (nSPS) is 10.7. The third-order valence-corrected chi connectivity index (χ3v) is 3.10. The molecule has 1 N–H and O–H groups in total. The standard InChI is InChI=1S/C15H11N3O3/c19-14-12-6-2-1-4-10(12)8-16-18(14)9-11-5-3-7-13(17-11)15(20)21/h1-8H,9H2,(H,20,21). The summed E-state index contributed by atoms with van der Waals surface area (Å²) in [4.78, 5) is 27.2. The summed E-state index contributed by atoms with van der Waals surface area (Å²) in [5.41, 5.74) is 0.191. The minimum Gasteiger partial charge on any atom is -0.477 e. The van der Waals surface area contributed by atoms with Crippen LogP contribution in [-0.4, -0.2) is 25.8 Å². The van der Waals surface area contributed by atoms with Crippen molar-refractivity contribution in [2.75, 3.05) is 0 Å². The third-order valence-electron chi connectivity index (χ3n) is 3.10. The van der Waals surface area contributed by atoms with E-state index in [9.17, 15) is 9.59 Å². The molecule has 2 heterocycles. The van der Waals surface area contributed by atoms with E-state index in [4.69, 9.17) is 5.11 Å². The van der Waals surface area contributed by atoms with Gasteiger partial charge in [0.25, 0.3) is 5.56 Å². The second-order valence-electron chi connectivity index (χ2n) is 4.51. The molecule has 21 heavy (non-hydrogen) atoms. The van der Waals surface area contributed by atoms with Crippen molar-refractivity contribution in [3.05, 3.63) is 70.4 Å². The Morgan fingerprint density at radius 1 is 1.14 bits per heavy atom.